The molecule has 4 heteroatoms. The van der Waals surface area contributed by atoms with Crippen LogP contribution >= 0.6 is 0 Å². The van der Waals surface area contributed by atoms with Gasteiger partial charge in [-0.15, -0.1) is 0 Å². The second-order valence-electron chi connectivity index (χ2n) is 13.1. The standard InChI is InChI=1S/C45H32N4/c1-45(2)38-21-13-12-20-34(38)36-26-37-35(27-40(30-14-6-3-7-15-30)46-41(37)28-39(36)45)29-22-24-33(25-23-29)44-48-42(31-16-8-4-9-17-31)47-43(49-44)32-18-10-5-11-19-32/h3-28H,1-2H3. The highest BCUT2D eigenvalue weighted by Gasteiger charge is 2.35. The van der Waals surface area contributed by atoms with Gasteiger partial charge in [-0.25, -0.2) is 19.9 Å². The molecular weight excluding hydrogens is 597 g/mol. The zero-order valence-electron chi connectivity index (χ0n) is 27.3. The molecule has 0 spiro atoms. The third-order valence-electron chi connectivity index (χ3n) is 9.73. The van der Waals surface area contributed by atoms with Crippen LogP contribution in [0.1, 0.15) is 25.0 Å². The number of benzene rings is 6. The Labute approximate surface area is 285 Å². The fourth-order valence-corrected chi connectivity index (χ4v) is 7.15. The lowest BCUT2D eigenvalue weighted by atomic mass is 9.82. The molecule has 2 aromatic heterocycles. The van der Waals surface area contributed by atoms with Crippen LogP contribution in [0, 0.1) is 0 Å². The molecule has 0 atom stereocenters. The zero-order valence-corrected chi connectivity index (χ0v) is 27.3. The smallest absolute Gasteiger partial charge is 0.164 e. The predicted molar refractivity (Wildman–Crippen MR) is 200 cm³/mol. The Morgan fingerprint density at radius 3 is 1.45 bits per heavy atom. The van der Waals surface area contributed by atoms with Crippen molar-refractivity contribution < 1.29 is 0 Å². The normalized spacial score (nSPS) is 12.9. The summed E-state index contributed by atoms with van der Waals surface area (Å²) in [5.74, 6) is 1.94. The van der Waals surface area contributed by atoms with Gasteiger partial charge in [0.25, 0.3) is 0 Å². The van der Waals surface area contributed by atoms with E-state index < -0.39 is 0 Å². The van der Waals surface area contributed by atoms with Crippen molar-refractivity contribution in [2.45, 2.75) is 19.3 Å². The summed E-state index contributed by atoms with van der Waals surface area (Å²) in [5.41, 5.74) is 13.3. The molecule has 6 aromatic carbocycles. The number of hydrogen-bond donors (Lipinski definition) is 0. The van der Waals surface area contributed by atoms with Crippen LogP contribution < -0.4 is 0 Å². The first-order valence-electron chi connectivity index (χ1n) is 16.7. The topological polar surface area (TPSA) is 51.6 Å². The summed E-state index contributed by atoms with van der Waals surface area (Å²) < 4.78 is 0. The number of aromatic nitrogens is 4. The number of rotatable bonds is 5. The molecule has 0 bridgehead atoms. The Morgan fingerprint density at radius 1 is 0.367 bits per heavy atom. The highest BCUT2D eigenvalue weighted by atomic mass is 15.0. The molecule has 0 fully saturated rings. The van der Waals surface area contributed by atoms with Gasteiger partial charge in [0.2, 0.25) is 0 Å². The summed E-state index contributed by atoms with van der Waals surface area (Å²) in [6, 6.07) is 54.9. The van der Waals surface area contributed by atoms with E-state index in [9.17, 15) is 0 Å². The largest absolute Gasteiger partial charge is 0.248 e. The van der Waals surface area contributed by atoms with Crippen molar-refractivity contribution in [2.24, 2.45) is 0 Å². The Bertz CT molecular complexity index is 2430. The van der Waals surface area contributed by atoms with Crippen LogP contribution in [0.4, 0.5) is 0 Å². The second-order valence-corrected chi connectivity index (χ2v) is 13.1. The van der Waals surface area contributed by atoms with E-state index in [-0.39, 0.29) is 5.41 Å². The van der Waals surface area contributed by atoms with Crippen LogP contribution in [0.3, 0.4) is 0 Å². The van der Waals surface area contributed by atoms with Gasteiger partial charge in [0.1, 0.15) is 0 Å². The molecule has 1 aliphatic carbocycles. The maximum absolute atomic E-state index is 5.25. The summed E-state index contributed by atoms with van der Waals surface area (Å²) in [6.07, 6.45) is 0. The van der Waals surface area contributed by atoms with Gasteiger partial charge in [-0.05, 0) is 51.6 Å². The molecular formula is C45H32N4. The van der Waals surface area contributed by atoms with E-state index in [2.05, 4.69) is 105 Å². The van der Waals surface area contributed by atoms with Crippen LogP contribution in [-0.2, 0) is 5.41 Å². The molecule has 1 aliphatic rings. The van der Waals surface area contributed by atoms with E-state index in [0.29, 0.717) is 17.5 Å². The lowest BCUT2D eigenvalue weighted by Crippen LogP contribution is -2.14. The molecule has 9 rings (SSSR count). The lowest BCUT2D eigenvalue weighted by molar-refractivity contribution is 0.661. The molecule has 8 aromatic rings. The number of hydrogen-bond acceptors (Lipinski definition) is 4. The summed E-state index contributed by atoms with van der Waals surface area (Å²) in [7, 11) is 0. The summed E-state index contributed by atoms with van der Waals surface area (Å²) in [6.45, 7) is 4.63. The van der Waals surface area contributed by atoms with Gasteiger partial charge in [0.15, 0.2) is 17.5 Å². The van der Waals surface area contributed by atoms with Gasteiger partial charge < -0.3 is 0 Å². The lowest BCUT2D eigenvalue weighted by Gasteiger charge is -2.22. The Hall–Kier alpha value is -6.26. The Kier molecular flexibility index (Phi) is 6.77. The summed E-state index contributed by atoms with van der Waals surface area (Å²) >= 11 is 0. The second kappa shape index (κ2) is 11.5. The van der Waals surface area contributed by atoms with Gasteiger partial charge in [-0.2, -0.15) is 0 Å². The van der Waals surface area contributed by atoms with Crippen LogP contribution in [0.5, 0.6) is 0 Å². The number of nitrogens with zero attached hydrogens (tertiary/aromatic N) is 4. The van der Waals surface area contributed by atoms with Crippen LogP contribution in [0.15, 0.2) is 158 Å². The molecule has 0 amide bonds. The average molecular weight is 629 g/mol. The van der Waals surface area contributed by atoms with Crippen molar-refractivity contribution in [1.82, 2.24) is 19.9 Å². The predicted octanol–water partition coefficient (Wildman–Crippen LogP) is 11.1. The number of pyridine rings is 1. The molecule has 0 unspecified atom stereocenters. The molecule has 0 N–H and O–H groups in total. The SMILES string of the molecule is CC1(C)c2ccccc2-c2cc3c(-c4ccc(-c5nc(-c6ccccc6)nc(-c6ccccc6)n5)cc4)cc(-c4ccccc4)nc3cc21. The van der Waals surface area contributed by atoms with Crippen molar-refractivity contribution >= 4 is 10.9 Å². The third-order valence-corrected chi connectivity index (χ3v) is 9.73. The quantitative estimate of drug-likeness (QED) is 0.190. The van der Waals surface area contributed by atoms with Crippen LogP contribution in [-0.4, -0.2) is 19.9 Å². The van der Waals surface area contributed by atoms with E-state index >= 15 is 0 Å². The fraction of sp³-hybridized carbons (Fsp3) is 0.0667. The molecule has 49 heavy (non-hydrogen) atoms. The number of fused-ring (bicyclic) bond motifs is 4. The molecule has 0 saturated carbocycles. The minimum Gasteiger partial charge on any atom is -0.248 e. The molecule has 2 heterocycles. The van der Waals surface area contributed by atoms with E-state index in [1.54, 1.807) is 0 Å². The first kappa shape index (κ1) is 28.9. The maximum Gasteiger partial charge on any atom is 0.164 e. The minimum atomic E-state index is -0.103. The van der Waals surface area contributed by atoms with Gasteiger partial charge >= 0.3 is 0 Å². The van der Waals surface area contributed by atoms with Crippen LogP contribution in [0.2, 0.25) is 0 Å². The van der Waals surface area contributed by atoms with E-state index in [0.717, 1.165) is 50.0 Å². The van der Waals surface area contributed by atoms with Crippen molar-refractivity contribution in [2.75, 3.05) is 0 Å². The third kappa shape index (κ3) is 5.01. The molecule has 232 valence electrons. The van der Waals surface area contributed by atoms with Gasteiger partial charge in [-0.1, -0.05) is 153 Å². The molecule has 4 nitrogen and oxygen atoms in total. The Morgan fingerprint density at radius 2 is 0.857 bits per heavy atom. The molecule has 0 aliphatic heterocycles. The first-order valence-corrected chi connectivity index (χ1v) is 16.7. The van der Waals surface area contributed by atoms with E-state index in [1.807, 2.05) is 66.7 Å². The summed E-state index contributed by atoms with van der Waals surface area (Å²) in [4.78, 5) is 20.0. The van der Waals surface area contributed by atoms with Crippen molar-refractivity contribution in [3.63, 3.8) is 0 Å². The van der Waals surface area contributed by atoms with E-state index in [4.69, 9.17) is 19.9 Å². The monoisotopic (exact) mass is 628 g/mol. The van der Waals surface area contributed by atoms with Crippen molar-refractivity contribution in [3.05, 3.63) is 169 Å². The maximum atomic E-state index is 5.25. The van der Waals surface area contributed by atoms with Crippen molar-refractivity contribution in [1.29, 1.82) is 0 Å². The van der Waals surface area contributed by atoms with Gasteiger partial charge in [0, 0.05) is 33.1 Å². The first-order chi connectivity index (χ1) is 24.0. The zero-order chi connectivity index (χ0) is 33.0. The van der Waals surface area contributed by atoms with Crippen molar-refractivity contribution in [3.8, 4) is 67.7 Å². The van der Waals surface area contributed by atoms with Gasteiger partial charge in [-0.3, -0.25) is 0 Å². The molecule has 0 radical (unpaired) electrons. The van der Waals surface area contributed by atoms with E-state index in [1.165, 1.54) is 22.3 Å². The van der Waals surface area contributed by atoms with Gasteiger partial charge in [0.05, 0.1) is 11.2 Å². The highest BCUT2D eigenvalue weighted by molar-refractivity contribution is 6.01. The highest BCUT2D eigenvalue weighted by Crippen LogP contribution is 2.50. The molecule has 0 saturated heterocycles. The average Bonchev–Trinajstić information content (AvgIpc) is 3.39. The van der Waals surface area contributed by atoms with Crippen LogP contribution in [0.25, 0.3) is 78.6 Å². The Balaban J connectivity index is 1.20. The fourth-order valence-electron chi connectivity index (χ4n) is 7.15. The minimum absolute atomic E-state index is 0.103. The summed E-state index contributed by atoms with van der Waals surface area (Å²) in [5, 5.41) is 1.14.